The molecule has 0 spiro atoms. The van der Waals surface area contributed by atoms with Crippen LogP contribution in [0.2, 0.25) is 0 Å². The van der Waals surface area contributed by atoms with Crippen molar-refractivity contribution in [2.75, 3.05) is 60.9 Å². The standard InChI is InChI=1S/C26H35N5O3S.2C25H33N5O4S.C24H31N5O4S/c1-4-15(3)28-21-11-14(2)20(13-27-21)23-22(26(34)31-17-6-7-18(31)9-8-17)30-25(35-23)24(33)29-16-5-10-19(32)12-16;2*1-4-14(3)27-20-9-13(2)17(10-26-20)22-21(25(33)30-15-5-6-16(30)8-7-15)29-24(35-22)23(32)28-18-11-34-12-19(18)31;1-12(2)26-19-8-13(3)16(9-25-19)21-20(24(32)29-14-4-5-15(29)7-6-14)28-23(34-21)22(31)27-17-10-33-11-18(17)30/h11,13,15-19,32H,4-10,12H2,1-3H3,(H,27,28)(H,29,33);2*9-10,14-16,18-19,31H,4-8,11-12H2,1-3H3,(H,26,27)(H,28,32);8-9,12,14-15,17-18,30H,4-7,10-11H2,1-3H3,(H,25,26)(H,27,31)/t15-,16+,17?,18?,19+;14-,15?,16?,18+,19+;14-,15?,16?,18-,19-;14?,15?,17-,18-/m1111/s1. The van der Waals surface area contributed by atoms with Crippen molar-refractivity contribution in [3.63, 3.8) is 0 Å². The summed E-state index contributed by atoms with van der Waals surface area (Å²) in [4.78, 5) is 154. The van der Waals surface area contributed by atoms with Gasteiger partial charge in [0, 0.05) is 126 Å². The third-order valence-electron chi connectivity index (χ3n) is 29.6. The number of aliphatic hydroxyl groups is 4. The van der Waals surface area contributed by atoms with Crippen LogP contribution in [0.3, 0.4) is 0 Å². The van der Waals surface area contributed by atoms with Crippen LogP contribution in [0.5, 0.6) is 0 Å². The summed E-state index contributed by atoms with van der Waals surface area (Å²) in [6.07, 6.45) is 25.9. The maximum Gasteiger partial charge on any atom is 0.280 e. The van der Waals surface area contributed by atoms with Gasteiger partial charge in [0.25, 0.3) is 47.3 Å². The monoisotopic (exact) mass is 1980 g/mol. The van der Waals surface area contributed by atoms with Crippen molar-refractivity contribution in [1.29, 1.82) is 0 Å². The van der Waals surface area contributed by atoms with E-state index in [1.807, 2.05) is 85.4 Å². The molecule has 19 heterocycles. The number of rotatable bonds is 27. The molecular formula is C100H132N20O15S4. The molecule has 8 aromatic heterocycles. The highest BCUT2D eigenvalue weighted by molar-refractivity contribution is 7.18. The van der Waals surface area contributed by atoms with Crippen LogP contribution < -0.4 is 42.5 Å². The molecule has 0 aromatic carbocycles. The van der Waals surface area contributed by atoms with Gasteiger partial charge >= 0.3 is 0 Å². The van der Waals surface area contributed by atoms with Crippen LogP contribution in [0.1, 0.15) is 300 Å². The maximum absolute atomic E-state index is 13.8. The van der Waals surface area contributed by atoms with Gasteiger partial charge in [0.1, 0.15) is 46.0 Å². The zero-order valence-corrected chi connectivity index (χ0v) is 84.5. The molecule has 1 aliphatic carbocycles. The number of hydrogen-bond donors (Lipinski definition) is 12. The number of aryl methyl sites for hydroxylation is 4. The van der Waals surface area contributed by atoms with Gasteiger partial charge in [-0.2, -0.15) is 0 Å². The van der Waals surface area contributed by atoms with E-state index in [4.69, 9.17) is 14.2 Å². The summed E-state index contributed by atoms with van der Waals surface area (Å²) >= 11 is 4.86. The summed E-state index contributed by atoms with van der Waals surface area (Å²) in [7, 11) is 0. The molecule has 11 atom stereocenters. The van der Waals surface area contributed by atoms with Gasteiger partial charge in [-0.05, 0) is 250 Å². The molecule has 20 rings (SSSR count). The molecule has 11 saturated heterocycles. The first kappa shape index (κ1) is 100. The molecule has 8 amide bonds. The third kappa shape index (κ3) is 22.1. The quantitative estimate of drug-likeness (QED) is 0.0227. The average molecular weight is 1980 g/mol. The van der Waals surface area contributed by atoms with Crippen LogP contribution in [-0.4, -0.2) is 288 Å². The van der Waals surface area contributed by atoms with Gasteiger partial charge in [0.15, 0.2) is 20.0 Å². The molecule has 1 saturated carbocycles. The molecule has 12 aliphatic rings. The van der Waals surface area contributed by atoms with E-state index < -0.39 is 54.2 Å². The second kappa shape index (κ2) is 43.7. The van der Waals surface area contributed by atoms with E-state index in [0.29, 0.717) is 73.3 Å². The van der Waals surface area contributed by atoms with Gasteiger partial charge in [-0.1, -0.05) is 20.8 Å². The Balaban J connectivity index is 0.000000128. The lowest BCUT2D eigenvalue weighted by Crippen LogP contribution is -2.42. The lowest BCUT2D eigenvalue weighted by atomic mass is 10.0. The highest BCUT2D eigenvalue weighted by atomic mass is 32.1. The number of anilines is 4. The summed E-state index contributed by atoms with van der Waals surface area (Å²) in [5.41, 5.74) is 8.39. The largest absolute Gasteiger partial charge is 0.393 e. The molecule has 11 aliphatic heterocycles. The molecule has 39 heteroatoms. The van der Waals surface area contributed by atoms with Gasteiger partial charge in [-0.25, -0.2) is 39.9 Å². The number of thiazole rings is 4. The van der Waals surface area contributed by atoms with E-state index in [2.05, 4.69) is 124 Å². The molecule has 12 N–H and O–H groups in total. The van der Waals surface area contributed by atoms with Crippen molar-refractivity contribution in [3.8, 4) is 41.8 Å². The summed E-state index contributed by atoms with van der Waals surface area (Å²) < 4.78 is 15.7. The molecule has 8 bridgehead atoms. The number of hydrogen-bond acceptors (Lipinski definition) is 31. The first-order valence-corrected chi connectivity index (χ1v) is 53.1. The van der Waals surface area contributed by atoms with Crippen molar-refractivity contribution in [2.45, 2.75) is 345 Å². The highest BCUT2D eigenvalue weighted by Crippen LogP contribution is 2.48. The summed E-state index contributed by atoms with van der Waals surface area (Å²) in [6.45, 7) is 26.0. The smallest absolute Gasteiger partial charge is 0.280 e. The van der Waals surface area contributed by atoms with Gasteiger partial charge in [0.2, 0.25) is 0 Å². The fraction of sp³-hybridized carbons (Fsp3) is 0.600. The van der Waals surface area contributed by atoms with Crippen molar-refractivity contribution >= 4 is 116 Å². The van der Waals surface area contributed by atoms with Crippen LogP contribution in [0.25, 0.3) is 41.8 Å². The minimum absolute atomic E-state index is 0.0623. The van der Waals surface area contributed by atoms with E-state index in [1.54, 1.807) is 24.8 Å². The first-order valence-electron chi connectivity index (χ1n) is 49.8. The average Bonchev–Trinajstić information content (AvgIpc) is 1.62. The van der Waals surface area contributed by atoms with Crippen molar-refractivity contribution in [1.82, 2.24) is 80.7 Å². The van der Waals surface area contributed by atoms with E-state index in [9.17, 15) is 58.8 Å². The second-order valence-corrected chi connectivity index (χ2v) is 43.9. The normalized spacial score (nSPS) is 26.1. The third-order valence-corrected chi connectivity index (χ3v) is 33.9. The van der Waals surface area contributed by atoms with Crippen LogP contribution in [0, 0.1) is 27.7 Å². The Morgan fingerprint density at radius 1 is 0.345 bits per heavy atom. The minimum atomic E-state index is -0.753. The Morgan fingerprint density at radius 2 is 0.583 bits per heavy atom. The Labute approximate surface area is 826 Å². The van der Waals surface area contributed by atoms with Crippen LogP contribution >= 0.6 is 45.3 Å². The van der Waals surface area contributed by atoms with Crippen molar-refractivity contribution < 1.29 is 73.0 Å². The minimum Gasteiger partial charge on any atom is -0.393 e. The Kier molecular flexibility index (Phi) is 31.6. The number of pyridine rings is 4. The number of nitrogens with one attached hydrogen (secondary N) is 8. The zero-order valence-electron chi connectivity index (χ0n) is 81.2. The number of fused-ring (bicyclic) bond motifs is 8. The zero-order chi connectivity index (χ0) is 98.1. The molecule has 12 fully saturated rings. The van der Waals surface area contributed by atoms with Gasteiger partial charge in [-0.3, -0.25) is 38.4 Å². The molecule has 0 radical (unpaired) electrons. The number of amides is 8. The SMILES string of the molecule is CC[C@@H](C)Nc1cc(C)c(-c2sc(C(=O)N[C@@H]3COC[C@H]3O)nc2C(=O)N2C3CCC2CC3)cn1.CC[C@@H](C)Nc1cc(C)c(-c2sc(C(=O)N[C@H]3CC[C@H](O)C3)nc2C(=O)N2C3CCC2CC3)cn1.CC[C@@H](C)Nc1cc(C)c(-c2sc(C(=O)N[C@H]3COC[C@@H]3O)nc2C(=O)N2C3CCC2CC3)cn1.Cc1cc(NC(C)C)ncc1-c1sc(C(=O)N[C@@H]2COC[C@H]2O)nc1C(=O)N1C2CCC1CC2. The predicted molar refractivity (Wildman–Crippen MR) is 533 cm³/mol. The van der Waals surface area contributed by atoms with Crippen LogP contribution in [0.4, 0.5) is 23.3 Å². The Bertz CT molecular complexity index is 5600. The van der Waals surface area contributed by atoms with Gasteiger partial charge < -0.3 is 96.8 Å². The molecular weight excluding hydrogens is 1850 g/mol. The fourth-order valence-corrected chi connectivity index (χ4v) is 25.5. The molecule has 746 valence electrons. The van der Waals surface area contributed by atoms with E-state index in [0.717, 1.165) is 196 Å². The summed E-state index contributed by atoms with van der Waals surface area (Å²) in [5.74, 6) is 1.23. The lowest BCUT2D eigenvalue weighted by Gasteiger charge is -2.21. The van der Waals surface area contributed by atoms with Crippen LogP contribution in [-0.2, 0) is 14.2 Å². The predicted octanol–water partition coefficient (Wildman–Crippen LogP) is 12.7. The molecule has 139 heavy (non-hydrogen) atoms. The number of ether oxygens (including phenoxy) is 3. The topological polar surface area (TPSA) is 457 Å². The molecule has 8 aromatic rings. The first-order chi connectivity index (χ1) is 66.8. The number of nitrogens with zero attached hydrogens (tertiary/aromatic N) is 12. The maximum atomic E-state index is 13.8. The molecule has 35 nitrogen and oxygen atoms in total. The van der Waals surface area contributed by atoms with E-state index in [1.165, 1.54) is 45.3 Å². The van der Waals surface area contributed by atoms with E-state index in [-0.39, 0.29) is 156 Å². The molecule has 0 unspecified atom stereocenters. The number of aliphatic hydroxyl groups excluding tert-OH is 4. The van der Waals surface area contributed by atoms with E-state index >= 15 is 0 Å². The van der Waals surface area contributed by atoms with Crippen molar-refractivity contribution in [2.24, 2.45) is 0 Å². The second-order valence-electron chi connectivity index (χ2n) is 39.9. The van der Waals surface area contributed by atoms with Gasteiger partial charge in [-0.15, -0.1) is 45.3 Å². The van der Waals surface area contributed by atoms with Gasteiger partial charge in [0.05, 0.1) is 102 Å². The fourth-order valence-electron chi connectivity index (χ4n) is 21.4. The van der Waals surface area contributed by atoms with Crippen molar-refractivity contribution in [3.05, 3.63) is 114 Å². The summed E-state index contributed by atoms with van der Waals surface area (Å²) in [5, 5.41) is 65.7. The Hall–Kier alpha value is -10.2. The Morgan fingerprint density at radius 3 is 0.784 bits per heavy atom. The number of carbonyl (C=O) groups is 8. The number of carbonyl (C=O) groups excluding carboxylic acids is 8. The summed E-state index contributed by atoms with van der Waals surface area (Å²) in [6, 6.07) is 9.61. The number of aromatic nitrogens is 8. The van der Waals surface area contributed by atoms with Crippen LogP contribution in [0.15, 0.2) is 49.1 Å². The lowest BCUT2D eigenvalue weighted by molar-refractivity contribution is 0.0716. The highest BCUT2D eigenvalue weighted by Gasteiger charge is 2.50.